The van der Waals surface area contributed by atoms with Gasteiger partial charge in [0.15, 0.2) is 0 Å². The third-order valence-corrected chi connectivity index (χ3v) is 4.29. The van der Waals surface area contributed by atoms with Crippen LogP contribution in [0.2, 0.25) is 0 Å². The summed E-state index contributed by atoms with van der Waals surface area (Å²) in [6.45, 7) is 4.08. The van der Waals surface area contributed by atoms with Gasteiger partial charge in [-0.2, -0.15) is 0 Å². The van der Waals surface area contributed by atoms with Gasteiger partial charge in [-0.3, -0.25) is 0 Å². The van der Waals surface area contributed by atoms with E-state index in [-0.39, 0.29) is 0 Å². The highest BCUT2D eigenvalue weighted by Crippen LogP contribution is 2.28. The largest absolute Gasteiger partial charge is 0.330 e. The van der Waals surface area contributed by atoms with Crippen LogP contribution in [0, 0.1) is 0 Å². The van der Waals surface area contributed by atoms with Crippen LogP contribution in [0.15, 0.2) is 30.3 Å². The van der Waals surface area contributed by atoms with E-state index < -0.39 is 0 Å². The van der Waals surface area contributed by atoms with E-state index in [0.717, 1.165) is 6.54 Å². The first-order chi connectivity index (χ1) is 8.73. The number of nitrogens with one attached hydrogen (secondary N) is 1. The molecule has 18 heavy (non-hydrogen) atoms. The molecule has 1 fully saturated rings. The predicted octanol–water partition coefficient (Wildman–Crippen LogP) is 3.04. The van der Waals surface area contributed by atoms with Crippen molar-refractivity contribution in [1.29, 1.82) is 0 Å². The van der Waals surface area contributed by atoms with Gasteiger partial charge in [0.25, 0.3) is 0 Å². The summed E-state index contributed by atoms with van der Waals surface area (Å²) in [5.74, 6) is 0.435. The lowest BCUT2D eigenvalue weighted by atomic mass is 9.83. The summed E-state index contributed by atoms with van der Waals surface area (Å²) in [6.07, 6.45) is 6.73. The Balaban J connectivity index is 1.91. The van der Waals surface area contributed by atoms with Gasteiger partial charge in [-0.05, 0) is 25.3 Å². The molecule has 0 bridgehead atoms. The average Bonchev–Trinajstić information content (AvgIpc) is 2.41. The van der Waals surface area contributed by atoms with Crippen molar-refractivity contribution >= 4 is 0 Å². The second kappa shape index (κ2) is 6.35. The number of rotatable bonds is 5. The molecule has 0 heterocycles. The van der Waals surface area contributed by atoms with Crippen molar-refractivity contribution in [1.82, 2.24) is 5.32 Å². The van der Waals surface area contributed by atoms with Crippen molar-refractivity contribution in [2.45, 2.75) is 50.5 Å². The van der Waals surface area contributed by atoms with E-state index in [4.69, 9.17) is 5.73 Å². The van der Waals surface area contributed by atoms with Crippen molar-refractivity contribution in [3.05, 3.63) is 35.9 Å². The molecule has 3 N–H and O–H groups in total. The van der Waals surface area contributed by atoms with Gasteiger partial charge in [0.1, 0.15) is 0 Å². The molecule has 100 valence electrons. The quantitative estimate of drug-likeness (QED) is 0.838. The SMILES string of the molecule is CC1(NCC(CN)c2ccccc2)CCCCC1. The van der Waals surface area contributed by atoms with Gasteiger partial charge in [0.2, 0.25) is 0 Å². The molecule has 1 aliphatic carbocycles. The fourth-order valence-corrected chi connectivity index (χ4v) is 2.94. The van der Waals surface area contributed by atoms with E-state index in [1.165, 1.54) is 37.7 Å². The maximum atomic E-state index is 5.92. The van der Waals surface area contributed by atoms with Crippen LogP contribution in [-0.2, 0) is 0 Å². The van der Waals surface area contributed by atoms with Gasteiger partial charge in [-0.25, -0.2) is 0 Å². The van der Waals surface area contributed by atoms with Crippen molar-refractivity contribution < 1.29 is 0 Å². The molecule has 2 nitrogen and oxygen atoms in total. The summed E-state index contributed by atoms with van der Waals surface area (Å²) >= 11 is 0. The molecule has 0 radical (unpaired) electrons. The highest BCUT2D eigenvalue weighted by molar-refractivity contribution is 5.20. The van der Waals surface area contributed by atoms with E-state index in [0.29, 0.717) is 18.0 Å². The Bertz CT molecular complexity index is 341. The summed E-state index contributed by atoms with van der Waals surface area (Å²) in [6, 6.07) is 10.6. The summed E-state index contributed by atoms with van der Waals surface area (Å²) in [7, 11) is 0. The third kappa shape index (κ3) is 3.56. The van der Waals surface area contributed by atoms with Crippen molar-refractivity contribution in [2.75, 3.05) is 13.1 Å². The van der Waals surface area contributed by atoms with Crippen LogP contribution in [0.25, 0.3) is 0 Å². The molecular formula is C16H26N2. The van der Waals surface area contributed by atoms with Gasteiger partial charge in [-0.15, -0.1) is 0 Å². The summed E-state index contributed by atoms with van der Waals surface area (Å²) < 4.78 is 0. The Kier molecular flexibility index (Phi) is 4.79. The van der Waals surface area contributed by atoms with E-state index >= 15 is 0 Å². The van der Waals surface area contributed by atoms with Crippen LogP contribution in [0.5, 0.6) is 0 Å². The lowest BCUT2D eigenvalue weighted by Gasteiger charge is -2.36. The Morgan fingerprint density at radius 1 is 1.17 bits per heavy atom. The van der Waals surface area contributed by atoms with Crippen LogP contribution in [0.4, 0.5) is 0 Å². The van der Waals surface area contributed by atoms with Crippen LogP contribution < -0.4 is 11.1 Å². The van der Waals surface area contributed by atoms with E-state index in [9.17, 15) is 0 Å². The lowest BCUT2D eigenvalue weighted by Crippen LogP contribution is -2.46. The van der Waals surface area contributed by atoms with Gasteiger partial charge in [0, 0.05) is 24.5 Å². The second-order valence-corrected chi connectivity index (χ2v) is 5.85. The molecule has 1 aromatic carbocycles. The summed E-state index contributed by atoms with van der Waals surface area (Å²) in [4.78, 5) is 0. The maximum absolute atomic E-state index is 5.92. The Hall–Kier alpha value is -0.860. The van der Waals surface area contributed by atoms with Crippen LogP contribution in [0.3, 0.4) is 0 Å². The highest BCUT2D eigenvalue weighted by atomic mass is 15.0. The number of nitrogens with two attached hydrogens (primary N) is 1. The Labute approximate surface area is 111 Å². The zero-order valence-electron chi connectivity index (χ0n) is 11.5. The standard InChI is InChI=1S/C16H26N2/c1-16(10-6-3-7-11-16)18-13-15(12-17)14-8-4-2-5-9-14/h2,4-5,8-9,15,18H,3,6-7,10-13,17H2,1H3. The molecule has 1 atom stereocenters. The van der Waals surface area contributed by atoms with Crippen molar-refractivity contribution in [3.63, 3.8) is 0 Å². The molecule has 0 aromatic heterocycles. The zero-order valence-corrected chi connectivity index (χ0v) is 11.5. The van der Waals surface area contributed by atoms with Gasteiger partial charge in [0.05, 0.1) is 0 Å². The maximum Gasteiger partial charge on any atom is 0.0153 e. The van der Waals surface area contributed by atoms with Crippen molar-refractivity contribution in [3.8, 4) is 0 Å². The van der Waals surface area contributed by atoms with Gasteiger partial charge in [-0.1, -0.05) is 49.6 Å². The Morgan fingerprint density at radius 3 is 2.44 bits per heavy atom. The fraction of sp³-hybridized carbons (Fsp3) is 0.625. The average molecular weight is 246 g/mol. The normalized spacial score (nSPS) is 20.6. The molecule has 0 aliphatic heterocycles. The monoisotopic (exact) mass is 246 g/mol. The third-order valence-electron chi connectivity index (χ3n) is 4.29. The van der Waals surface area contributed by atoms with Crippen LogP contribution in [0.1, 0.15) is 50.5 Å². The topological polar surface area (TPSA) is 38.0 Å². The number of benzene rings is 1. The summed E-state index contributed by atoms with van der Waals surface area (Å²) in [5.41, 5.74) is 7.61. The molecule has 1 saturated carbocycles. The molecule has 0 spiro atoms. The molecule has 0 saturated heterocycles. The number of hydrogen-bond donors (Lipinski definition) is 2. The first kappa shape index (κ1) is 13.6. The highest BCUT2D eigenvalue weighted by Gasteiger charge is 2.26. The van der Waals surface area contributed by atoms with Crippen LogP contribution in [-0.4, -0.2) is 18.6 Å². The minimum absolute atomic E-state index is 0.334. The zero-order chi connectivity index (χ0) is 12.8. The smallest absolute Gasteiger partial charge is 0.0153 e. The molecule has 2 rings (SSSR count). The first-order valence-electron chi connectivity index (χ1n) is 7.23. The predicted molar refractivity (Wildman–Crippen MR) is 77.7 cm³/mol. The molecule has 1 aromatic rings. The van der Waals surface area contributed by atoms with E-state index in [1.807, 2.05) is 0 Å². The van der Waals surface area contributed by atoms with E-state index in [2.05, 4.69) is 42.6 Å². The Morgan fingerprint density at radius 2 is 1.83 bits per heavy atom. The van der Waals surface area contributed by atoms with Crippen LogP contribution >= 0.6 is 0 Å². The molecule has 1 aliphatic rings. The minimum Gasteiger partial charge on any atom is -0.330 e. The van der Waals surface area contributed by atoms with Gasteiger partial charge >= 0.3 is 0 Å². The van der Waals surface area contributed by atoms with Gasteiger partial charge < -0.3 is 11.1 Å². The molecular weight excluding hydrogens is 220 g/mol. The number of hydrogen-bond acceptors (Lipinski definition) is 2. The molecule has 2 heteroatoms. The fourth-order valence-electron chi connectivity index (χ4n) is 2.94. The lowest BCUT2D eigenvalue weighted by molar-refractivity contribution is 0.250. The molecule has 1 unspecified atom stereocenters. The van der Waals surface area contributed by atoms with E-state index in [1.54, 1.807) is 0 Å². The first-order valence-corrected chi connectivity index (χ1v) is 7.23. The second-order valence-electron chi connectivity index (χ2n) is 5.85. The minimum atomic E-state index is 0.334. The summed E-state index contributed by atoms with van der Waals surface area (Å²) in [5, 5.41) is 3.77. The molecule has 0 amide bonds. The van der Waals surface area contributed by atoms with Crippen molar-refractivity contribution in [2.24, 2.45) is 5.73 Å².